The molecule has 0 aliphatic heterocycles. The molecule has 2 heterocycles. The van der Waals surface area contributed by atoms with Crippen LogP contribution in [0.15, 0.2) is 49.1 Å². The van der Waals surface area contributed by atoms with Gasteiger partial charge in [0.1, 0.15) is 0 Å². The first-order valence-corrected chi connectivity index (χ1v) is 7.50. The van der Waals surface area contributed by atoms with Crippen LogP contribution in [-0.4, -0.2) is 25.9 Å². The zero-order valence-corrected chi connectivity index (χ0v) is 13.1. The summed E-state index contributed by atoms with van der Waals surface area (Å²) in [6.07, 6.45) is 7.43. The lowest BCUT2D eigenvalue weighted by atomic mass is 10.2. The van der Waals surface area contributed by atoms with E-state index in [-0.39, 0.29) is 0 Å². The highest BCUT2D eigenvalue weighted by molar-refractivity contribution is 6.30. The van der Waals surface area contributed by atoms with E-state index in [9.17, 15) is 0 Å². The van der Waals surface area contributed by atoms with E-state index >= 15 is 0 Å². The Hall–Kier alpha value is -2.27. The van der Waals surface area contributed by atoms with Gasteiger partial charge in [0.05, 0.1) is 18.6 Å². The molecule has 114 valence electrons. The van der Waals surface area contributed by atoms with Gasteiger partial charge in [0, 0.05) is 36.2 Å². The Labute approximate surface area is 134 Å². The van der Waals surface area contributed by atoms with Gasteiger partial charge in [-0.05, 0) is 37.1 Å². The molecule has 6 heteroatoms. The van der Waals surface area contributed by atoms with Crippen molar-refractivity contribution in [2.75, 3.05) is 6.61 Å². The highest BCUT2D eigenvalue weighted by Gasteiger charge is 2.03. The molecule has 0 radical (unpaired) electrons. The van der Waals surface area contributed by atoms with Crippen molar-refractivity contribution in [1.82, 2.24) is 19.3 Å². The Kier molecular flexibility index (Phi) is 4.44. The molecule has 1 aromatic carbocycles. The van der Waals surface area contributed by atoms with Gasteiger partial charge in [0.15, 0.2) is 0 Å². The van der Waals surface area contributed by atoms with E-state index in [0.29, 0.717) is 17.5 Å². The molecule has 22 heavy (non-hydrogen) atoms. The zero-order chi connectivity index (χ0) is 15.4. The van der Waals surface area contributed by atoms with Crippen LogP contribution in [0.5, 0.6) is 5.88 Å². The molecule has 2 aromatic heterocycles. The fraction of sp³-hybridized carbons (Fsp3) is 0.250. The molecular weight excluding hydrogens is 300 g/mol. The summed E-state index contributed by atoms with van der Waals surface area (Å²) in [5, 5.41) is 5.11. The van der Waals surface area contributed by atoms with Crippen molar-refractivity contribution in [1.29, 1.82) is 0 Å². The lowest BCUT2D eigenvalue weighted by Gasteiger charge is -2.04. The van der Waals surface area contributed by atoms with Crippen LogP contribution < -0.4 is 4.74 Å². The smallest absolute Gasteiger partial charge is 0.233 e. The van der Waals surface area contributed by atoms with Gasteiger partial charge in [0.2, 0.25) is 5.88 Å². The molecule has 0 unspecified atom stereocenters. The van der Waals surface area contributed by atoms with E-state index in [0.717, 1.165) is 18.5 Å². The maximum Gasteiger partial charge on any atom is 0.233 e. The van der Waals surface area contributed by atoms with E-state index in [1.807, 2.05) is 60.7 Å². The number of aromatic nitrogens is 4. The molecule has 0 saturated heterocycles. The SMILES string of the molecule is Cn1cncc1CCCOc1ccn(-c2ccc(Cl)cc2)n1. The van der Waals surface area contributed by atoms with Crippen LogP contribution in [-0.2, 0) is 13.5 Å². The Bertz CT molecular complexity index is 733. The molecule has 0 aliphatic carbocycles. The summed E-state index contributed by atoms with van der Waals surface area (Å²) in [6, 6.07) is 9.38. The van der Waals surface area contributed by atoms with Gasteiger partial charge in [-0.15, -0.1) is 5.10 Å². The second-order valence-corrected chi connectivity index (χ2v) is 5.46. The second kappa shape index (κ2) is 6.66. The standard InChI is InChI=1S/C16H17ClN4O/c1-20-12-18-11-15(20)3-2-10-22-16-8-9-21(19-16)14-6-4-13(17)5-7-14/h4-9,11-12H,2-3,10H2,1H3. The van der Waals surface area contributed by atoms with Crippen molar-refractivity contribution in [3.63, 3.8) is 0 Å². The van der Waals surface area contributed by atoms with Crippen LogP contribution >= 0.6 is 11.6 Å². The van der Waals surface area contributed by atoms with Crippen molar-refractivity contribution in [2.24, 2.45) is 7.05 Å². The van der Waals surface area contributed by atoms with E-state index in [4.69, 9.17) is 16.3 Å². The van der Waals surface area contributed by atoms with Crippen LogP contribution in [0, 0.1) is 0 Å². The Balaban J connectivity index is 1.51. The average molecular weight is 317 g/mol. The number of hydrogen-bond acceptors (Lipinski definition) is 3. The summed E-state index contributed by atoms with van der Waals surface area (Å²) in [5.41, 5.74) is 2.16. The third kappa shape index (κ3) is 3.49. The van der Waals surface area contributed by atoms with Crippen LogP contribution in [0.3, 0.4) is 0 Å². The largest absolute Gasteiger partial charge is 0.477 e. The van der Waals surface area contributed by atoms with Crippen molar-refractivity contribution in [2.45, 2.75) is 12.8 Å². The molecule has 0 spiro atoms. The molecule has 3 rings (SSSR count). The van der Waals surface area contributed by atoms with Crippen LogP contribution in [0.1, 0.15) is 12.1 Å². The molecule has 0 amide bonds. The predicted molar refractivity (Wildman–Crippen MR) is 85.6 cm³/mol. The monoisotopic (exact) mass is 316 g/mol. The first-order valence-electron chi connectivity index (χ1n) is 7.12. The van der Waals surface area contributed by atoms with E-state index in [2.05, 4.69) is 10.1 Å². The van der Waals surface area contributed by atoms with Gasteiger partial charge in [-0.25, -0.2) is 9.67 Å². The second-order valence-electron chi connectivity index (χ2n) is 5.02. The number of halogens is 1. The zero-order valence-electron chi connectivity index (χ0n) is 12.3. The summed E-state index contributed by atoms with van der Waals surface area (Å²) >= 11 is 5.88. The number of nitrogens with zero attached hydrogens (tertiary/aromatic N) is 4. The molecule has 0 aliphatic rings. The molecular formula is C16H17ClN4O. The normalized spacial score (nSPS) is 10.8. The number of imidazole rings is 1. The minimum Gasteiger partial charge on any atom is -0.477 e. The number of benzene rings is 1. The molecule has 0 fully saturated rings. The predicted octanol–water partition coefficient (Wildman–Crippen LogP) is 3.27. The van der Waals surface area contributed by atoms with Crippen molar-refractivity contribution in [3.8, 4) is 11.6 Å². The Morgan fingerprint density at radius 2 is 2.00 bits per heavy atom. The number of aryl methyl sites for hydroxylation is 2. The van der Waals surface area contributed by atoms with Crippen LogP contribution in [0.2, 0.25) is 5.02 Å². The maximum atomic E-state index is 5.88. The Morgan fingerprint density at radius 1 is 1.18 bits per heavy atom. The van der Waals surface area contributed by atoms with E-state index in [1.54, 1.807) is 4.68 Å². The molecule has 0 atom stereocenters. The highest BCUT2D eigenvalue weighted by Crippen LogP contribution is 2.15. The van der Waals surface area contributed by atoms with Gasteiger partial charge in [-0.1, -0.05) is 11.6 Å². The van der Waals surface area contributed by atoms with Crippen molar-refractivity contribution >= 4 is 11.6 Å². The quantitative estimate of drug-likeness (QED) is 0.656. The van der Waals surface area contributed by atoms with Gasteiger partial charge in [0.25, 0.3) is 0 Å². The lowest BCUT2D eigenvalue weighted by molar-refractivity contribution is 0.296. The minimum atomic E-state index is 0.625. The first kappa shape index (κ1) is 14.7. The molecule has 3 aromatic rings. The number of rotatable bonds is 6. The minimum absolute atomic E-state index is 0.625. The van der Waals surface area contributed by atoms with Crippen molar-refractivity contribution < 1.29 is 4.74 Å². The molecule has 0 bridgehead atoms. The van der Waals surface area contributed by atoms with Gasteiger partial charge < -0.3 is 9.30 Å². The van der Waals surface area contributed by atoms with E-state index in [1.165, 1.54) is 5.69 Å². The molecule has 0 saturated carbocycles. The van der Waals surface area contributed by atoms with Crippen LogP contribution in [0.4, 0.5) is 0 Å². The third-order valence-corrected chi connectivity index (χ3v) is 3.65. The van der Waals surface area contributed by atoms with E-state index < -0.39 is 0 Å². The maximum absolute atomic E-state index is 5.88. The first-order chi connectivity index (χ1) is 10.7. The fourth-order valence-corrected chi connectivity index (χ4v) is 2.30. The highest BCUT2D eigenvalue weighted by atomic mass is 35.5. The van der Waals surface area contributed by atoms with Gasteiger partial charge in [-0.2, -0.15) is 0 Å². The average Bonchev–Trinajstić information content (AvgIpc) is 3.14. The molecule has 0 N–H and O–H groups in total. The Morgan fingerprint density at radius 3 is 2.73 bits per heavy atom. The van der Waals surface area contributed by atoms with Gasteiger partial charge in [-0.3, -0.25) is 0 Å². The number of ether oxygens (including phenoxy) is 1. The molecule has 5 nitrogen and oxygen atoms in total. The summed E-state index contributed by atoms with van der Waals surface area (Å²) in [7, 11) is 2.00. The third-order valence-electron chi connectivity index (χ3n) is 3.40. The van der Waals surface area contributed by atoms with Crippen molar-refractivity contribution in [3.05, 3.63) is 59.8 Å². The van der Waals surface area contributed by atoms with Gasteiger partial charge >= 0.3 is 0 Å². The summed E-state index contributed by atoms with van der Waals surface area (Å²) < 4.78 is 9.48. The topological polar surface area (TPSA) is 44.9 Å². The summed E-state index contributed by atoms with van der Waals surface area (Å²) in [4.78, 5) is 4.10. The number of hydrogen-bond donors (Lipinski definition) is 0. The fourth-order valence-electron chi connectivity index (χ4n) is 2.18. The van der Waals surface area contributed by atoms with Crippen LogP contribution in [0.25, 0.3) is 5.69 Å². The summed E-state index contributed by atoms with van der Waals surface area (Å²) in [6.45, 7) is 0.628. The summed E-state index contributed by atoms with van der Waals surface area (Å²) in [5.74, 6) is 0.625. The lowest BCUT2D eigenvalue weighted by Crippen LogP contribution is -2.03.